The third kappa shape index (κ3) is 5.32. The highest BCUT2D eigenvalue weighted by atomic mass is 19.1. The first-order valence-electron chi connectivity index (χ1n) is 8.85. The van der Waals surface area contributed by atoms with E-state index >= 15 is 0 Å². The fourth-order valence-corrected chi connectivity index (χ4v) is 2.49. The number of nitriles is 1. The van der Waals surface area contributed by atoms with Crippen molar-refractivity contribution in [3.8, 4) is 11.8 Å². The summed E-state index contributed by atoms with van der Waals surface area (Å²) in [6, 6.07) is 14.4. The van der Waals surface area contributed by atoms with Gasteiger partial charge < -0.3 is 4.74 Å². The van der Waals surface area contributed by atoms with Crippen molar-refractivity contribution in [2.45, 2.75) is 27.2 Å². The molecule has 0 saturated heterocycles. The van der Waals surface area contributed by atoms with Gasteiger partial charge in [-0.15, -0.1) is 0 Å². The van der Waals surface area contributed by atoms with E-state index in [2.05, 4.69) is 26.8 Å². The first-order valence-corrected chi connectivity index (χ1v) is 8.85. The Hall–Kier alpha value is -2.86. The highest BCUT2D eigenvalue weighted by Gasteiger charge is 2.07. The minimum absolute atomic E-state index is 0.0498. The highest BCUT2D eigenvalue weighted by Crippen LogP contribution is 2.28. The molecule has 0 bridgehead atoms. The summed E-state index contributed by atoms with van der Waals surface area (Å²) in [4.78, 5) is 0. The van der Waals surface area contributed by atoms with Gasteiger partial charge in [-0.1, -0.05) is 63.3 Å². The molecule has 134 valence electrons. The Balaban J connectivity index is 2.33. The van der Waals surface area contributed by atoms with Gasteiger partial charge in [0.05, 0.1) is 12.2 Å². The van der Waals surface area contributed by atoms with Crippen molar-refractivity contribution in [2.24, 2.45) is 5.92 Å². The molecule has 0 unspecified atom stereocenters. The quantitative estimate of drug-likeness (QED) is 0.554. The SMILES string of the molecule is CC/C=C(\C=C\c1ccc(F)c(C#N)c1)c1ccccc1OCC(C)C. The van der Waals surface area contributed by atoms with Crippen molar-refractivity contribution in [3.63, 3.8) is 0 Å². The molecule has 2 aromatic carbocycles. The fourth-order valence-electron chi connectivity index (χ4n) is 2.49. The molecule has 0 aromatic heterocycles. The lowest BCUT2D eigenvalue weighted by Crippen LogP contribution is -2.05. The van der Waals surface area contributed by atoms with E-state index in [0.29, 0.717) is 12.5 Å². The summed E-state index contributed by atoms with van der Waals surface area (Å²) in [5, 5.41) is 8.98. The van der Waals surface area contributed by atoms with Gasteiger partial charge in [0.25, 0.3) is 0 Å². The zero-order chi connectivity index (χ0) is 18.9. The van der Waals surface area contributed by atoms with Crippen LogP contribution in [0.25, 0.3) is 11.6 Å². The van der Waals surface area contributed by atoms with Crippen molar-refractivity contribution in [1.29, 1.82) is 5.26 Å². The molecule has 0 saturated carbocycles. The van der Waals surface area contributed by atoms with Crippen LogP contribution in [0.3, 0.4) is 0 Å². The molecular formula is C23H24FNO. The smallest absolute Gasteiger partial charge is 0.140 e. The maximum atomic E-state index is 13.5. The predicted octanol–water partition coefficient (Wildman–Crippen LogP) is 6.24. The van der Waals surface area contributed by atoms with Gasteiger partial charge in [-0.3, -0.25) is 0 Å². The maximum Gasteiger partial charge on any atom is 0.140 e. The lowest BCUT2D eigenvalue weighted by molar-refractivity contribution is 0.270. The number of rotatable bonds is 7. The second-order valence-corrected chi connectivity index (χ2v) is 6.45. The number of halogens is 1. The molecule has 2 nitrogen and oxygen atoms in total. The van der Waals surface area contributed by atoms with Crippen molar-refractivity contribution in [2.75, 3.05) is 6.61 Å². The summed E-state index contributed by atoms with van der Waals surface area (Å²) in [5.74, 6) is 0.796. The Kier molecular flexibility index (Phi) is 7.17. The number of benzene rings is 2. The minimum atomic E-state index is -0.499. The molecule has 2 rings (SSSR count). The molecule has 3 heteroatoms. The van der Waals surface area contributed by atoms with Gasteiger partial charge in [-0.25, -0.2) is 4.39 Å². The van der Waals surface area contributed by atoms with Gasteiger partial charge in [-0.2, -0.15) is 5.26 Å². The van der Waals surface area contributed by atoms with E-state index in [1.807, 2.05) is 42.5 Å². The van der Waals surface area contributed by atoms with Gasteiger partial charge >= 0.3 is 0 Å². The van der Waals surface area contributed by atoms with Crippen molar-refractivity contribution < 1.29 is 9.13 Å². The van der Waals surface area contributed by atoms with Gasteiger partial charge in [0, 0.05) is 5.56 Å². The van der Waals surface area contributed by atoms with E-state index in [1.165, 1.54) is 6.07 Å². The summed E-state index contributed by atoms with van der Waals surface area (Å²) >= 11 is 0. The summed E-state index contributed by atoms with van der Waals surface area (Å²) in [5.41, 5.74) is 2.89. The number of allylic oxidation sites excluding steroid dienone is 3. The average molecular weight is 349 g/mol. The molecule has 0 fully saturated rings. The molecule has 0 spiro atoms. The van der Waals surface area contributed by atoms with Crippen molar-refractivity contribution in [3.05, 3.63) is 77.1 Å². The second-order valence-electron chi connectivity index (χ2n) is 6.45. The van der Waals surface area contributed by atoms with Gasteiger partial charge in [-0.05, 0) is 41.7 Å². The van der Waals surface area contributed by atoms with E-state index < -0.39 is 5.82 Å². The molecule has 0 atom stereocenters. The third-order valence-electron chi connectivity index (χ3n) is 3.76. The zero-order valence-electron chi connectivity index (χ0n) is 15.5. The molecule has 0 amide bonds. The molecule has 0 N–H and O–H groups in total. The van der Waals surface area contributed by atoms with Crippen LogP contribution in [0, 0.1) is 23.1 Å². The van der Waals surface area contributed by atoms with Crippen LogP contribution in [0.1, 0.15) is 43.9 Å². The van der Waals surface area contributed by atoms with Crippen LogP contribution >= 0.6 is 0 Å². The van der Waals surface area contributed by atoms with E-state index in [0.717, 1.165) is 28.9 Å². The van der Waals surface area contributed by atoms with Crippen LogP contribution in [-0.2, 0) is 0 Å². The summed E-state index contributed by atoms with van der Waals surface area (Å²) in [7, 11) is 0. The molecule has 26 heavy (non-hydrogen) atoms. The molecule has 0 aliphatic carbocycles. The van der Waals surface area contributed by atoms with Crippen LogP contribution in [0.4, 0.5) is 4.39 Å². The first kappa shape index (κ1) is 19.5. The normalized spacial score (nSPS) is 11.8. The minimum Gasteiger partial charge on any atom is -0.493 e. The number of nitrogens with zero attached hydrogens (tertiary/aromatic N) is 1. The van der Waals surface area contributed by atoms with E-state index in [9.17, 15) is 4.39 Å². The predicted molar refractivity (Wildman–Crippen MR) is 105 cm³/mol. The van der Waals surface area contributed by atoms with Crippen molar-refractivity contribution in [1.82, 2.24) is 0 Å². The van der Waals surface area contributed by atoms with Crippen LogP contribution in [0.15, 0.2) is 54.6 Å². The van der Waals surface area contributed by atoms with Gasteiger partial charge in [0.1, 0.15) is 17.6 Å². The second kappa shape index (κ2) is 9.58. The Morgan fingerprint density at radius 3 is 2.69 bits per heavy atom. The van der Waals surface area contributed by atoms with Crippen LogP contribution in [-0.4, -0.2) is 6.61 Å². The molecule has 0 aliphatic heterocycles. The van der Waals surface area contributed by atoms with E-state index in [1.54, 1.807) is 12.1 Å². The lowest BCUT2D eigenvalue weighted by Gasteiger charge is -2.14. The zero-order valence-corrected chi connectivity index (χ0v) is 15.5. The summed E-state index contributed by atoms with van der Waals surface area (Å²) < 4.78 is 19.4. The monoisotopic (exact) mass is 349 g/mol. The summed E-state index contributed by atoms with van der Waals surface area (Å²) in [6.07, 6.45) is 6.88. The van der Waals surface area contributed by atoms with Crippen molar-refractivity contribution >= 4 is 11.6 Å². The Labute approximate surface area is 155 Å². The Morgan fingerprint density at radius 1 is 1.23 bits per heavy atom. The van der Waals surface area contributed by atoms with E-state index in [-0.39, 0.29) is 5.56 Å². The highest BCUT2D eigenvalue weighted by molar-refractivity contribution is 5.81. The molecule has 0 aliphatic rings. The summed E-state index contributed by atoms with van der Waals surface area (Å²) in [6.45, 7) is 6.97. The Bertz CT molecular complexity index is 844. The number of para-hydroxylation sites is 1. The van der Waals surface area contributed by atoms with Crippen LogP contribution < -0.4 is 4.74 Å². The molecular weight excluding hydrogens is 325 g/mol. The molecule has 2 aromatic rings. The Morgan fingerprint density at radius 2 is 2.00 bits per heavy atom. The lowest BCUT2D eigenvalue weighted by atomic mass is 10.0. The maximum absolute atomic E-state index is 13.5. The van der Waals surface area contributed by atoms with E-state index in [4.69, 9.17) is 10.00 Å². The number of hydrogen-bond donors (Lipinski definition) is 0. The first-order chi connectivity index (χ1) is 12.5. The number of hydrogen-bond acceptors (Lipinski definition) is 2. The largest absolute Gasteiger partial charge is 0.493 e. The van der Waals surface area contributed by atoms with Crippen LogP contribution in [0.2, 0.25) is 0 Å². The van der Waals surface area contributed by atoms with Gasteiger partial charge in [0.15, 0.2) is 0 Å². The molecule has 0 radical (unpaired) electrons. The van der Waals surface area contributed by atoms with Gasteiger partial charge in [0.2, 0.25) is 0 Å². The standard InChI is InChI=1S/C23H24FNO/c1-4-7-19(12-10-18-11-13-22(24)20(14-18)15-25)21-8-5-6-9-23(21)26-16-17(2)3/h5-14,17H,4,16H2,1-3H3/b12-10+,19-7+. The van der Waals surface area contributed by atoms with Crippen LogP contribution in [0.5, 0.6) is 5.75 Å². The topological polar surface area (TPSA) is 33.0 Å². The third-order valence-corrected chi connectivity index (χ3v) is 3.76. The number of ether oxygens (including phenoxy) is 1. The average Bonchev–Trinajstić information content (AvgIpc) is 2.64. The molecule has 0 heterocycles. The fraction of sp³-hybridized carbons (Fsp3) is 0.261.